The van der Waals surface area contributed by atoms with E-state index in [9.17, 15) is 9.90 Å². The maximum Gasteiger partial charge on any atom is 0.251 e. The Bertz CT molecular complexity index is 1420. The molecule has 1 aromatic carbocycles. The number of hydrogen-bond donors (Lipinski definition) is 2. The standard InChI is InChI=1S/C25H24ClN5O2/c1-15-19(10-30(2)29-15)17-5-3-4-6-18(17)21-22(26)31-8-7-16(9-20(31)28-21)23(32)27-14-24-11-25(33,12-24)13-24/h3-10,33H,11-14H2,1-2H3,(H,27,32). The van der Waals surface area contributed by atoms with Crippen molar-refractivity contribution in [2.24, 2.45) is 12.5 Å². The first-order valence-corrected chi connectivity index (χ1v) is 11.4. The van der Waals surface area contributed by atoms with Crippen molar-refractivity contribution in [1.82, 2.24) is 24.5 Å². The average Bonchev–Trinajstić information content (AvgIpc) is 3.27. The van der Waals surface area contributed by atoms with E-state index in [2.05, 4.69) is 10.4 Å². The molecular weight excluding hydrogens is 438 g/mol. The minimum absolute atomic E-state index is 0.0897. The van der Waals surface area contributed by atoms with Crippen molar-refractivity contribution in [3.63, 3.8) is 0 Å². The van der Waals surface area contributed by atoms with Crippen molar-refractivity contribution in [2.45, 2.75) is 31.8 Å². The second-order valence-corrected chi connectivity index (χ2v) is 10.0. The smallest absolute Gasteiger partial charge is 0.251 e. The van der Waals surface area contributed by atoms with E-state index in [1.165, 1.54) is 0 Å². The summed E-state index contributed by atoms with van der Waals surface area (Å²) in [5.41, 5.74) is 5.32. The zero-order chi connectivity index (χ0) is 23.0. The number of halogens is 1. The highest BCUT2D eigenvalue weighted by molar-refractivity contribution is 6.32. The molecule has 0 unspecified atom stereocenters. The molecule has 168 valence electrons. The maximum absolute atomic E-state index is 12.8. The molecule has 3 saturated carbocycles. The van der Waals surface area contributed by atoms with Crippen LogP contribution in [0.1, 0.15) is 35.3 Å². The van der Waals surface area contributed by atoms with Crippen LogP contribution in [0, 0.1) is 12.3 Å². The molecule has 2 N–H and O–H groups in total. The zero-order valence-electron chi connectivity index (χ0n) is 18.5. The Balaban J connectivity index is 1.32. The minimum Gasteiger partial charge on any atom is -0.390 e. The van der Waals surface area contributed by atoms with E-state index >= 15 is 0 Å². The molecule has 7 nitrogen and oxygen atoms in total. The number of hydrogen-bond acceptors (Lipinski definition) is 4. The molecule has 4 aromatic rings. The lowest BCUT2D eigenvalue weighted by Gasteiger charge is -2.67. The SMILES string of the molecule is Cc1nn(C)cc1-c1ccccc1-c1nc2cc(C(=O)NCC34CC(O)(C3)C4)ccn2c1Cl. The fraction of sp³-hybridized carbons (Fsp3) is 0.320. The number of amides is 1. The molecule has 0 saturated heterocycles. The predicted octanol–water partition coefficient (Wildman–Crippen LogP) is 4.01. The zero-order valence-corrected chi connectivity index (χ0v) is 19.2. The van der Waals surface area contributed by atoms with Crippen LogP contribution in [0.15, 0.2) is 48.8 Å². The molecule has 0 atom stereocenters. The summed E-state index contributed by atoms with van der Waals surface area (Å²) in [6.07, 6.45) is 6.13. The van der Waals surface area contributed by atoms with Gasteiger partial charge in [0.25, 0.3) is 5.91 Å². The van der Waals surface area contributed by atoms with E-state index in [-0.39, 0.29) is 11.3 Å². The summed E-state index contributed by atoms with van der Waals surface area (Å²) < 4.78 is 3.59. The Morgan fingerprint density at radius 1 is 1.18 bits per heavy atom. The second-order valence-electron chi connectivity index (χ2n) is 9.68. The molecule has 0 aliphatic heterocycles. The van der Waals surface area contributed by atoms with Crippen molar-refractivity contribution in [3.05, 3.63) is 65.2 Å². The number of benzene rings is 1. The molecule has 0 radical (unpaired) electrons. The van der Waals surface area contributed by atoms with Crippen LogP contribution in [-0.4, -0.2) is 42.3 Å². The third-order valence-electron chi connectivity index (χ3n) is 7.05. The van der Waals surface area contributed by atoms with Crippen LogP contribution in [0.5, 0.6) is 0 Å². The number of pyridine rings is 1. The Kier molecular flexibility index (Phi) is 4.29. The Hall–Kier alpha value is -3.16. The minimum atomic E-state index is -0.461. The average molecular weight is 462 g/mol. The van der Waals surface area contributed by atoms with E-state index in [1.807, 2.05) is 44.4 Å². The van der Waals surface area contributed by atoms with Crippen molar-refractivity contribution >= 4 is 23.2 Å². The van der Waals surface area contributed by atoms with Gasteiger partial charge in [0.05, 0.1) is 11.3 Å². The number of imidazole rings is 1. The van der Waals surface area contributed by atoms with Gasteiger partial charge < -0.3 is 10.4 Å². The fourth-order valence-corrected chi connectivity index (χ4v) is 5.90. The van der Waals surface area contributed by atoms with E-state index in [0.29, 0.717) is 28.6 Å². The van der Waals surface area contributed by atoms with Crippen molar-refractivity contribution in [1.29, 1.82) is 0 Å². The molecule has 3 aliphatic rings. The topological polar surface area (TPSA) is 84.5 Å². The van der Waals surface area contributed by atoms with Crippen LogP contribution in [0.4, 0.5) is 0 Å². The van der Waals surface area contributed by atoms with Gasteiger partial charge in [-0.2, -0.15) is 5.10 Å². The molecule has 3 aliphatic carbocycles. The third-order valence-corrected chi connectivity index (χ3v) is 7.41. The first-order chi connectivity index (χ1) is 15.8. The highest BCUT2D eigenvalue weighted by Gasteiger charge is 2.66. The fourth-order valence-electron chi connectivity index (χ4n) is 5.61. The van der Waals surface area contributed by atoms with Gasteiger partial charge in [0.1, 0.15) is 16.5 Å². The Morgan fingerprint density at radius 2 is 1.91 bits per heavy atom. The lowest BCUT2D eigenvalue weighted by molar-refractivity contribution is -0.255. The second kappa shape index (κ2) is 6.92. The number of nitrogens with one attached hydrogen (secondary N) is 1. The number of rotatable bonds is 5. The van der Waals surface area contributed by atoms with Gasteiger partial charge in [0.15, 0.2) is 0 Å². The molecule has 8 heteroatoms. The number of aromatic nitrogens is 4. The molecule has 33 heavy (non-hydrogen) atoms. The Morgan fingerprint density at radius 3 is 2.58 bits per heavy atom. The van der Waals surface area contributed by atoms with Gasteiger partial charge >= 0.3 is 0 Å². The number of fused-ring (bicyclic) bond motifs is 1. The lowest BCUT2D eigenvalue weighted by atomic mass is 9.41. The van der Waals surface area contributed by atoms with Gasteiger partial charge in [-0.3, -0.25) is 13.9 Å². The van der Waals surface area contributed by atoms with Crippen LogP contribution in [0.2, 0.25) is 5.15 Å². The summed E-state index contributed by atoms with van der Waals surface area (Å²) in [4.78, 5) is 17.6. The quantitative estimate of drug-likeness (QED) is 0.470. The first kappa shape index (κ1) is 20.4. The number of carbonyl (C=O) groups is 1. The van der Waals surface area contributed by atoms with E-state index in [1.54, 1.807) is 27.4 Å². The number of aliphatic hydroxyl groups is 1. The van der Waals surface area contributed by atoms with Crippen LogP contribution < -0.4 is 5.32 Å². The summed E-state index contributed by atoms with van der Waals surface area (Å²) in [6, 6.07) is 11.5. The number of carbonyl (C=O) groups excluding carboxylic acids is 1. The normalized spacial score (nSPS) is 23.3. The molecule has 2 bridgehead atoms. The van der Waals surface area contributed by atoms with Crippen LogP contribution in [-0.2, 0) is 7.05 Å². The van der Waals surface area contributed by atoms with Crippen LogP contribution in [0.3, 0.4) is 0 Å². The molecule has 0 spiro atoms. The monoisotopic (exact) mass is 461 g/mol. The van der Waals surface area contributed by atoms with Gasteiger partial charge in [-0.1, -0.05) is 35.9 Å². The number of nitrogens with zero attached hydrogens (tertiary/aromatic N) is 4. The molecule has 7 rings (SSSR count). The summed E-state index contributed by atoms with van der Waals surface area (Å²) >= 11 is 6.75. The highest BCUT2D eigenvalue weighted by atomic mass is 35.5. The predicted molar refractivity (Wildman–Crippen MR) is 126 cm³/mol. The van der Waals surface area contributed by atoms with Crippen LogP contribution in [0.25, 0.3) is 28.0 Å². The van der Waals surface area contributed by atoms with Crippen molar-refractivity contribution in [2.75, 3.05) is 6.54 Å². The third kappa shape index (κ3) is 3.18. The van der Waals surface area contributed by atoms with E-state index < -0.39 is 5.60 Å². The summed E-state index contributed by atoms with van der Waals surface area (Å²) in [5.74, 6) is -0.138. The first-order valence-electron chi connectivity index (χ1n) is 11.0. The largest absolute Gasteiger partial charge is 0.390 e. The van der Waals surface area contributed by atoms with E-state index in [4.69, 9.17) is 16.6 Å². The van der Waals surface area contributed by atoms with Gasteiger partial charge in [-0.15, -0.1) is 0 Å². The van der Waals surface area contributed by atoms with Gasteiger partial charge in [-0.05, 0) is 49.3 Å². The highest BCUT2D eigenvalue weighted by Crippen LogP contribution is 2.66. The van der Waals surface area contributed by atoms with Gasteiger partial charge in [0, 0.05) is 42.7 Å². The van der Waals surface area contributed by atoms with E-state index in [0.717, 1.165) is 41.6 Å². The maximum atomic E-state index is 12.8. The Labute approximate surface area is 196 Å². The lowest BCUT2D eigenvalue weighted by Crippen LogP contribution is -2.70. The molecule has 1 amide bonds. The molecular formula is C25H24ClN5O2. The van der Waals surface area contributed by atoms with Crippen molar-refractivity contribution < 1.29 is 9.90 Å². The summed E-state index contributed by atoms with van der Waals surface area (Å²) in [6.45, 7) is 2.58. The van der Waals surface area contributed by atoms with Gasteiger partial charge in [-0.25, -0.2) is 4.98 Å². The summed E-state index contributed by atoms with van der Waals surface area (Å²) in [7, 11) is 1.90. The van der Waals surface area contributed by atoms with Gasteiger partial charge in [0.2, 0.25) is 0 Å². The molecule has 3 fully saturated rings. The summed E-state index contributed by atoms with van der Waals surface area (Å²) in [5, 5.41) is 17.9. The molecule has 3 heterocycles. The van der Waals surface area contributed by atoms with Crippen molar-refractivity contribution in [3.8, 4) is 22.4 Å². The number of aryl methyl sites for hydroxylation is 2. The molecule has 3 aromatic heterocycles. The van der Waals surface area contributed by atoms with Crippen LogP contribution >= 0.6 is 11.6 Å².